The van der Waals surface area contributed by atoms with E-state index in [0.717, 1.165) is 6.42 Å². The molecule has 0 unspecified atom stereocenters. The van der Waals surface area contributed by atoms with Crippen molar-refractivity contribution in [3.05, 3.63) is 75.8 Å². The molecule has 0 saturated heterocycles. The van der Waals surface area contributed by atoms with Gasteiger partial charge in [-0.1, -0.05) is 37.3 Å². The number of hydrogen-bond acceptors (Lipinski definition) is 0. The zero-order valence-electron chi connectivity index (χ0n) is 11.2. The van der Waals surface area contributed by atoms with E-state index in [9.17, 15) is 0 Å². The molecule has 0 heterocycles. The van der Waals surface area contributed by atoms with Crippen molar-refractivity contribution in [2.45, 2.75) is 13.3 Å². The van der Waals surface area contributed by atoms with Crippen molar-refractivity contribution in [1.82, 2.24) is 0 Å². The largest absolute Gasteiger partial charge is 0 e. The summed E-state index contributed by atoms with van der Waals surface area (Å²) in [5.74, 6) is 0. The smallest absolute Gasteiger partial charge is 0 e. The van der Waals surface area contributed by atoms with Gasteiger partial charge >= 0.3 is 67.8 Å². The molecule has 0 spiro atoms. The molecule has 0 aromatic heterocycles. The van der Waals surface area contributed by atoms with E-state index in [-0.39, 0.29) is 33.6 Å². The first-order valence-corrected chi connectivity index (χ1v) is 4.20. The molecule has 6 nitrogen and oxygen atoms in total. The van der Waals surface area contributed by atoms with Gasteiger partial charge in [-0.3, -0.25) is 0 Å². The summed E-state index contributed by atoms with van der Waals surface area (Å²) in [5, 5.41) is 0. The van der Waals surface area contributed by atoms with E-state index in [1.165, 1.54) is 5.56 Å². The quantitative estimate of drug-likeness (QED) is 0.513. The van der Waals surface area contributed by atoms with Crippen LogP contribution in [0.3, 0.4) is 0 Å². The molecule has 0 N–H and O–H groups in total. The molecule has 1 rings (SSSR count). The van der Waals surface area contributed by atoms with E-state index in [4.69, 9.17) is 27.9 Å². The van der Waals surface area contributed by atoms with E-state index in [2.05, 4.69) is 71.1 Å². The van der Waals surface area contributed by atoms with Gasteiger partial charge in [0.05, 0.1) is 0 Å². The van der Waals surface area contributed by atoms with E-state index in [0.29, 0.717) is 0 Å². The van der Waals surface area contributed by atoms with Crippen molar-refractivity contribution in [3.63, 3.8) is 0 Å². The maximum atomic E-state index is 7.50. The first-order chi connectivity index (χ1) is 9.93. The third-order valence-corrected chi connectivity index (χ3v) is 1.25. The molecule has 0 aliphatic rings. The van der Waals surface area contributed by atoms with Crippen LogP contribution in [0.4, 0.5) is 0 Å². The second kappa shape index (κ2) is 117. The van der Waals surface area contributed by atoms with Gasteiger partial charge in [-0.15, -0.1) is 0 Å². The van der Waals surface area contributed by atoms with Crippen molar-refractivity contribution in [2.75, 3.05) is 0 Å². The molecular formula is C14H10Co2O6. The summed E-state index contributed by atoms with van der Waals surface area (Å²) in [6.07, 6.45) is 1.14. The molecule has 0 aliphatic carbocycles. The van der Waals surface area contributed by atoms with Crippen LogP contribution >= 0.6 is 0 Å². The summed E-state index contributed by atoms with van der Waals surface area (Å²) < 4.78 is 45.0. The van der Waals surface area contributed by atoms with Gasteiger partial charge in [0.15, 0.2) is 0 Å². The Hall–Kier alpha value is -1.33. The molecule has 0 bridgehead atoms. The molecule has 1 aromatic carbocycles. The zero-order chi connectivity index (χ0) is 17.8. The topological polar surface area (TPSA) is 119 Å². The standard InChI is InChI=1S/C8H10.6CO.2Co/c1-2-8-6-4-3-5-7-8;6*1-2;;/h3-7H,2H2,1H3;;;;;;;;. The van der Waals surface area contributed by atoms with Crippen molar-refractivity contribution in [1.29, 1.82) is 0 Å². The Balaban J connectivity index is -0.0000000203. The van der Waals surface area contributed by atoms with Crippen molar-refractivity contribution >= 4 is 0 Å². The average Bonchev–Trinajstić information content (AvgIpc) is 2.66. The van der Waals surface area contributed by atoms with Gasteiger partial charge in [0, 0.05) is 33.6 Å². The van der Waals surface area contributed by atoms with Crippen LogP contribution in [0.15, 0.2) is 30.3 Å². The fourth-order valence-electron chi connectivity index (χ4n) is 0.714. The van der Waals surface area contributed by atoms with Crippen molar-refractivity contribution < 1.29 is 61.5 Å². The summed E-state index contributed by atoms with van der Waals surface area (Å²) in [7, 11) is 0. The Morgan fingerprint density at radius 1 is 0.591 bits per heavy atom. The summed E-state index contributed by atoms with van der Waals surface area (Å²) in [6, 6.07) is 10.5. The maximum absolute atomic E-state index is 7.50. The summed E-state index contributed by atoms with van der Waals surface area (Å²) >= 11 is 0. The van der Waals surface area contributed by atoms with Crippen LogP contribution in [-0.2, 0) is 67.9 Å². The molecule has 2 radical (unpaired) electrons. The van der Waals surface area contributed by atoms with Crippen LogP contribution in [0.5, 0.6) is 0 Å². The summed E-state index contributed by atoms with van der Waals surface area (Å²) in [4.78, 5) is 0. The molecule has 0 saturated carbocycles. The Morgan fingerprint density at radius 2 is 0.818 bits per heavy atom. The predicted octanol–water partition coefficient (Wildman–Crippen LogP) is 2.02. The SMILES string of the molecule is CCc1ccccc1.[C-]#[O+].[C-]#[O+].[C-]#[O+].[C-]#[O+].[C-]#[O+].[C-]#[O+].[Co].[Co]. The maximum Gasteiger partial charge on any atom is 0 e. The molecule has 0 amide bonds. The average molecular weight is 392 g/mol. The van der Waals surface area contributed by atoms with E-state index in [1.54, 1.807) is 0 Å². The number of benzene rings is 1. The molecule has 0 aliphatic heterocycles. The van der Waals surface area contributed by atoms with E-state index in [1.807, 2.05) is 6.07 Å². The third-order valence-electron chi connectivity index (χ3n) is 1.25. The first-order valence-electron chi connectivity index (χ1n) is 4.20. The van der Waals surface area contributed by atoms with Gasteiger partial charge in [0.25, 0.3) is 0 Å². The Bertz CT molecular complexity index is 319. The van der Waals surface area contributed by atoms with Gasteiger partial charge < -0.3 is 0 Å². The van der Waals surface area contributed by atoms with Crippen LogP contribution in [0.2, 0.25) is 0 Å². The van der Waals surface area contributed by atoms with Crippen molar-refractivity contribution in [3.8, 4) is 0 Å². The van der Waals surface area contributed by atoms with Crippen molar-refractivity contribution in [2.24, 2.45) is 0 Å². The molecule has 8 heteroatoms. The Morgan fingerprint density at radius 3 is 0.955 bits per heavy atom. The fourth-order valence-corrected chi connectivity index (χ4v) is 0.714. The zero-order valence-corrected chi connectivity index (χ0v) is 13.3. The van der Waals surface area contributed by atoms with E-state index < -0.39 is 0 Å². The summed E-state index contributed by atoms with van der Waals surface area (Å²) in [6.45, 7) is 29.2. The molecule has 0 atom stereocenters. The van der Waals surface area contributed by atoms with Gasteiger partial charge in [-0.25, -0.2) is 0 Å². The molecule has 1 aromatic rings. The van der Waals surface area contributed by atoms with Crippen LogP contribution in [0.1, 0.15) is 12.5 Å². The Kier molecular flexibility index (Phi) is 264. The monoisotopic (exact) mass is 392 g/mol. The molecular weight excluding hydrogens is 382 g/mol. The van der Waals surface area contributed by atoms with Crippen LogP contribution in [-0.4, -0.2) is 0 Å². The van der Waals surface area contributed by atoms with Crippen LogP contribution in [0.25, 0.3) is 0 Å². The number of rotatable bonds is 1. The normalized spacial score (nSPS) is 3.86. The van der Waals surface area contributed by atoms with Gasteiger partial charge in [0.1, 0.15) is 0 Å². The van der Waals surface area contributed by atoms with Crippen LogP contribution in [0, 0.1) is 39.9 Å². The third kappa shape index (κ3) is 77.5. The minimum absolute atomic E-state index is 0. The summed E-state index contributed by atoms with van der Waals surface area (Å²) in [5.41, 5.74) is 1.41. The van der Waals surface area contributed by atoms with Gasteiger partial charge in [-0.05, 0) is 12.0 Å². The van der Waals surface area contributed by atoms with Crippen LogP contribution < -0.4 is 0 Å². The minimum Gasteiger partial charge on any atom is 0 e. The first kappa shape index (κ1) is 49.8. The molecule has 22 heavy (non-hydrogen) atoms. The van der Waals surface area contributed by atoms with Gasteiger partial charge in [0.2, 0.25) is 0 Å². The number of aryl methyl sites for hydroxylation is 1. The van der Waals surface area contributed by atoms with Gasteiger partial charge in [-0.2, -0.15) is 0 Å². The predicted molar refractivity (Wildman–Crippen MR) is 59.4 cm³/mol. The molecule has 0 fully saturated rings. The number of hydrogen-bond donors (Lipinski definition) is 0. The molecule has 120 valence electrons. The fraction of sp³-hybridized carbons (Fsp3) is 0.143. The second-order valence-corrected chi connectivity index (χ2v) is 1.84. The Labute approximate surface area is 150 Å². The minimum atomic E-state index is 0. The van der Waals surface area contributed by atoms with E-state index >= 15 is 0 Å². The second-order valence-electron chi connectivity index (χ2n) is 1.84.